The number of anilines is 1. The van der Waals surface area contributed by atoms with Crippen molar-refractivity contribution >= 4 is 35.1 Å². The SMILES string of the molecule is CC(C)(C)c1ccc(/C=N/Nc2ccc(Cl)c(Cl)c2)cc1. The summed E-state index contributed by atoms with van der Waals surface area (Å²) in [6, 6.07) is 13.7. The summed E-state index contributed by atoms with van der Waals surface area (Å²) >= 11 is 11.8. The molecule has 2 nitrogen and oxygen atoms in total. The van der Waals surface area contributed by atoms with E-state index < -0.39 is 0 Å². The highest BCUT2D eigenvalue weighted by Crippen LogP contribution is 2.25. The molecule has 1 N–H and O–H groups in total. The highest BCUT2D eigenvalue weighted by molar-refractivity contribution is 6.42. The summed E-state index contributed by atoms with van der Waals surface area (Å²) in [5, 5.41) is 5.24. The number of halogens is 2. The van der Waals surface area contributed by atoms with Crippen molar-refractivity contribution in [3.05, 3.63) is 63.6 Å². The summed E-state index contributed by atoms with van der Waals surface area (Å²) in [5.41, 5.74) is 6.23. The van der Waals surface area contributed by atoms with Crippen LogP contribution in [0.3, 0.4) is 0 Å². The van der Waals surface area contributed by atoms with Crippen molar-refractivity contribution in [2.75, 3.05) is 5.43 Å². The van der Waals surface area contributed by atoms with Gasteiger partial charge in [-0.25, -0.2) is 0 Å². The zero-order valence-electron chi connectivity index (χ0n) is 12.3. The Bertz CT molecular complexity index is 641. The molecule has 0 radical (unpaired) electrons. The number of nitrogens with one attached hydrogen (secondary N) is 1. The Hall–Kier alpha value is -1.51. The van der Waals surface area contributed by atoms with E-state index in [0.29, 0.717) is 10.0 Å². The molecule has 0 heterocycles. The molecule has 21 heavy (non-hydrogen) atoms. The summed E-state index contributed by atoms with van der Waals surface area (Å²) in [5.74, 6) is 0. The van der Waals surface area contributed by atoms with E-state index in [9.17, 15) is 0 Å². The Labute approximate surface area is 135 Å². The van der Waals surface area contributed by atoms with Gasteiger partial charge in [-0.1, -0.05) is 68.2 Å². The number of hydrogen-bond acceptors (Lipinski definition) is 2. The number of benzene rings is 2. The molecule has 0 amide bonds. The molecule has 0 aromatic heterocycles. The minimum atomic E-state index is 0.161. The van der Waals surface area contributed by atoms with Gasteiger partial charge in [-0.3, -0.25) is 5.43 Å². The molecule has 0 saturated carbocycles. The number of rotatable bonds is 3. The van der Waals surface area contributed by atoms with Gasteiger partial charge in [-0.05, 0) is 34.7 Å². The van der Waals surface area contributed by atoms with Gasteiger partial charge in [0.05, 0.1) is 21.9 Å². The molecule has 0 aliphatic carbocycles. The van der Waals surface area contributed by atoms with Crippen LogP contribution in [-0.2, 0) is 5.41 Å². The van der Waals surface area contributed by atoms with E-state index in [1.54, 1.807) is 18.3 Å². The second-order valence-corrected chi connectivity index (χ2v) is 6.69. The molecule has 0 bridgehead atoms. The van der Waals surface area contributed by atoms with Crippen LogP contribution in [0.15, 0.2) is 47.6 Å². The molecule has 0 spiro atoms. The first-order valence-electron chi connectivity index (χ1n) is 6.71. The monoisotopic (exact) mass is 320 g/mol. The van der Waals surface area contributed by atoms with Crippen LogP contribution in [0.2, 0.25) is 10.0 Å². The van der Waals surface area contributed by atoms with Crippen LogP contribution in [0.4, 0.5) is 5.69 Å². The van der Waals surface area contributed by atoms with E-state index in [-0.39, 0.29) is 5.41 Å². The smallest absolute Gasteiger partial charge is 0.0613 e. The maximum Gasteiger partial charge on any atom is 0.0613 e. The third-order valence-electron chi connectivity index (χ3n) is 3.10. The molecule has 110 valence electrons. The van der Waals surface area contributed by atoms with Crippen LogP contribution in [0.1, 0.15) is 31.9 Å². The molecule has 0 aliphatic rings. The van der Waals surface area contributed by atoms with Crippen LogP contribution in [0, 0.1) is 0 Å². The van der Waals surface area contributed by atoms with Gasteiger partial charge in [0, 0.05) is 0 Å². The zero-order valence-corrected chi connectivity index (χ0v) is 13.8. The lowest BCUT2D eigenvalue weighted by molar-refractivity contribution is 0.590. The first-order valence-corrected chi connectivity index (χ1v) is 7.46. The van der Waals surface area contributed by atoms with Gasteiger partial charge in [-0.15, -0.1) is 0 Å². The number of hydrogen-bond donors (Lipinski definition) is 1. The highest BCUT2D eigenvalue weighted by Gasteiger charge is 2.12. The normalized spacial score (nSPS) is 11.9. The number of nitrogens with zero attached hydrogens (tertiary/aromatic N) is 1. The molecule has 2 aromatic rings. The second kappa shape index (κ2) is 6.50. The molecule has 4 heteroatoms. The fraction of sp³-hybridized carbons (Fsp3) is 0.235. The van der Waals surface area contributed by atoms with E-state index in [1.165, 1.54) is 5.56 Å². The quantitative estimate of drug-likeness (QED) is 0.566. The minimum Gasteiger partial charge on any atom is -0.278 e. The molecule has 0 unspecified atom stereocenters. The van der Waals surface area contributed by atoms with Crippen molar-refractivity contribution in [3.8, 4) is 0 Å². The third-order valence-corrected chi connectivity index (χ3v) is 3.84. The van der Waals surface area contributed by atoms with Crippen LogP contribution < -0.4 is 5.43 Å². The summed E-state index contributed by atoms with van der Waals surface area (Å²) in [6.45, 7) is 6.59. The molecule has 2 rings (SSSR count). The average Bonchev–Trinajstić information content (AvgIpc) is 2.42. The van der Waals surface area contributed by atoms with Crippen LogP contribution in [0.25, 0.3) is 0 Å². The van der Waals surface area contributed by atoms with Gasteiger partial charge < -0.3 is 0 Å². The zero-order chi connectivity index (χ0) is 15.5. The van der Waals surface area contributed by atoms with E-state index in [2.05, 4.69) is 55.6 Å². The second-order valence-electron chi connectivity index (χ2n) is 5.87. The molecule has 0 saturated heterocycles. The predicted octanol–water partition coefficient (Wildman–Crippen LogP) is 5.74. The van der Waals surface area contributed by atoms with Gasteiger partial charge in [-0.2, -0.15) is 5.10 Å². The number of hydrazone groups is 1. The van der Waals surface area contributed by atoms with Crippen LogP contribution >= 0.6 is 23.2 Å². The average molecular weight is 321 g/mol. The predicted molar refractivity (Wildman–Crippen MR) is 92.8 cm³/mol. The van der Waals surface area contributed by atoms with Crippen molar-refractivity contribution in [1.29, 1.82) is 0 Å². The maximum absolute atomic E-state index is 5.95. The lowest BCUT2D eigenvalue weighted by atomic mass is 9.87. The lowest BCUT2D eigenvalue weighted by Crippen LogP contribution is -2.10. The van der Waals surface area contributed by atoms with Crippen molar-refractivity contribution in [3.63, 3.8) is 0 Å². The van der Waals surface area contributed by atoms with Crippen molar-refractivity contribution in [2.24, 2.45) is 5.10 Å². The summed E-state index contributed by atoms with van der Waals surface area (Å²) in [4.78, 5) is 0. The fourth-order valence-corrected chi connectivity index (χ4v) is 2.11. The summed E-state index contributed by atoms with van der Waals surface area (Å²) < 4.78 is 0. The van der Waals surface area contributed by atoms with Gasteiger partial charge in [0.1, 0.15) is 0 Å². The van der Waals surface area contributed by atoms with Crippen molar-refractivity contribution in [2.45, 2.75) is 26.2 Å². The Kier molecular flexibility index (Phi) is 4.92. The van der Waals surface area contributed by atoms with E-state index in [1.807, 2.05) is 6.07 Å². The maximum atomic E-state index is 5.95. The van der Waals surface area contributed by atoms with E-state index >= 15 is 0 Å². The van der Waals surface area contributed by atoms with Crippen molar-refractivity contribution < 1.29 is 0 Å². The first-order chi connectivity index (χ1) is 9.86. The van der Waals surface area contributed by atoms with Gasteiger partial charge in [0.2, 0.25) is 0 Å². The fourth-order valence-electron chi connectivity index (χ4n) is 1.82. The summed E-state index contributed by atoms with van der Waals surface area (Å²) in [6.07, 6.45) is 1.77. The Morgan fingerprint density at radius 1 is 0.952 bits per heavy atom. The lowest BCUT2D eigenvalue weighted by Gasteiger charge is -2.18. The molecular formula is C17H18Cl2N2. The van der Waals surface area contributed by atoms with Gasteiger partial charge in [0.25, 0.3) is 0 Å². The molecular weight excluding hydrogens is 303 g/mol. The molecule has 0 aliphatic heterocycles. The van der Waals surface area contributed by atoms with Gasteiger partial charge in [0.15, 0.2) is 0 Å². The van der Waals surface area contributed by atoms with Crippen LogP contribution in [0.5, 0.6) is 0 Å². The highest BCUT2D eigenvalue weighted by atomic mass is 35.5. The van der Waals surface area contributed by atoms with Gasteiger partial charge >= 0.3 is 0 Å². The summed E-state index contributed by atoms with van der Waals surface area (Å²) in [7, 11) is 0. The Morgan fingerprint density at radius 2 is 1.62 bits per heavy atom. The first kappa shape index (κ1) is 15.9. The Balaban J connectivity index is 2.02. The van der Waals surface area contributed by atoms with E-state index in [0.717, 1.165) is 11.3 Å². The van der Waals surface area contributed by atoms with Crippen LogP contribution in [-0.4, -0.2) is 6.21 Å². The Morgan fingerprint density at radius 3 is 2.19 bits per heavy atom. The third kappa shape index (κ3) is 4.48. The topological polar surface area (TPSA) is 24.4 Å². The standard InChI is InChI=1S/C17H18Cl2N2/c1-17(2,3)13-6-4-12(5-7-13)11-20-21-14-8-9-15(18)16(19)10-14/h4-11,21H,1-3H3/b20-11+. The molecule has 0 fully saturated rings. The van der Waals surface area contributed by atoms with E-state index in [4.69, 9.17) is 23.2 Å². The molecule has 2 aromatic carbocycles. The minimum absolute atomic E-state index is 0.161. The largest absolute Gasteiger partial charge is 0.278 e. The van der Waals surface area contributed by atoms with Crippen molar-refractivity contribution in [1.82, 2.24) is 0 Å². The molecule has 0 atom stereocenters.